The summed E-state index contributed by atoms with van der Waals surface area (Å²) < 4.78 is 5.54. The predicted octanol–water partition coefficient (Wildman–Crippen LogP) is 4.79. The fourth-order valence-electron chi connectivity index (χ4n) is 4.29. The molecule has 1 fully saturated rings. The fraction of sp³-hybridized carbons (Fsp3) is 0.571. The lowest BCUT2D eigenvalue weighted by atomic mass is 9.96. The number of nitrogens with zero attached hydrogens (tertiary/aromatic N) is 4. The Hall–Kier alpha value is -3.56. The summed E-state index contributed by atoms with van der Waals surface area (Å²) in [7, 11) is 3.59. The van der Waals surface area contributed by atoms with Gasteiger partial charge in [0.25, 0.3) is 5.91 Å². The van der Waals surface area contributed by atoms with Crippen LogP contribution >= 0.6 is 0 Å². The van der Waals surface area contributed by atoms with Gasteiger partial charge in [-0.15, -0.1) is 0 Å². The minimum absolute atomic E-state index is 0.0318. The summed E-state index contributed by atoms with van der Waals surface area (Å²) in [5, 5.41) is 9.55. The van der Waals surface area contributed by atoms with E-state index in [2.05, 4.69) is 36.7 Å². The van der Waals surface area contributed by atoms with Gasteiger partial charge in [-0.1, -0.05) is 26.8 Å². The average Bonchev–Trinajstić information content (AvgIpc) is 3.26. The van der Waals surface area contributed by atoms with Gasteiger partial charge in [-0.05, 0) is 57.2 Å². The first kappa shape index (κ1) is 29.0. The average molecular weight is 526 g/mol. The van der Waals surface area contributed by atoms with Crippen molar-refractivity contribution in [1.82, 2.24) is 20.2 Å². The van der Waals surface area contributed by atoms with Crippen molar-refractivity contribution in [2.24, 2.45) is 5.41 Å². The third-order valence-corrected chi connectivity index (χ3v) is 5.95. The first-order chi connectivity index (χ1) is 17.6. The molecule has 1 aromatic heterocycles. The Labute approximate surface area is 226 Å². The van der Waals surface area contributed by atoms with Crippen molar-refractivity contribution in [1.29, 1.82) is 0 Å². The molecular weight excluding hydrogens is 482 g/mol. The highest BCUT2D eigenvalue weighted by Gasteiger charge is 2.30. The van der Waals surface area contributed by atoms with Crippen molar-refractivity contribution < 1.29 is 14.3 Å². The van der Waals surface area contributed by atoms with Crippen LogP contribution in [0.5, 0.6) is 0 Å². The molecule has 0 saturated carbocycles. The van der Waals surface area contributed by atoms with Crippen molar-refractivity contribution in [2.75, 3.05) is 49.3 Å². The van der Waals surface area contributed by atoms with Crippen LogP contribution in [0.4, 0.5) is 28.1 Å². The van der Waals surface area contributed by atoms with Crippen LogP contribution in [0.3, 0.4) is 0 Å². The smallest absolute Gasteiger partial charge is 0.410 e. The first-order valence-corrected chi connectivity index (χ1v) is 13.1. The number of aromatic nitrogens is 2. The Morgan fingerprint density at radius 2 is 1.79 bits per heavy atom. The molecule has 38 heavy (non-hydrogen) atoms. The number of nitrogens with one attached hydrogen (secondary N) is 3. The third-order valence-electron chi connectivity index (χ3n) is 5.95. The van der Waals surface area contributed by atoms with E-state index < -0.39 is 5.60 Å². The number of aryl methyl sites for hydroxylation is 1. The normalized spacial score (nSPS) is 15.7. The van der Waals surface area contributed by atoms with Gasteiger partial charge in [-0.25, -0.2) is 4.79 Å². The summed E-state index contributed by atoms with van der Waals surface area (Å²) in [4.78, 5) is 38.1. The Bertz CT molecular complexity index is 1150. The second-order valence-electron chi connectivity index (χ2n) is 12.1. The van der Waals surface area contributed by atoms with Crippen LogP contribution in [-0.4, -0.2) is 72.2 Å². The van der Waals surface area contributed by atoms with E-state index in [9.17, 15) is 9.59 Å². The van der Waals surface area contributed by atoms with Gasteiger partial charge in [0.1, 0.15) is 17.2 Å². The maximum Gasteiger partial charge on any atom is 0.410 e. The van der Waals surface area contributed by atoms with Crippen molar-refractivity contribution in [2.45, 2.75) is 66.5 Å². The van der Waals surface area contributed by atoms with Crippen molar-refractivity contribution in [3.8, 4) is 0 Å². The predicted molar refractivity (Wildman–Crippen MR) is 152 cm³/mol. The molecule has 208 valence electrons. The van der Waals surface area contributed by atoms with E-state index in [4.69, 9.17) is 14.7 Å². The minimum atomic E-state index is -0.532. The third kappa shape index (κ3) is 8.22. The number of likely N-dealkylation sites (tertiary alicyclic amines) is 1. The van der Waals surface area contributed by atoms with Crippen molar-refractivity contribution in [3.63, 3.8) is 0 Å². The van der Waals surface area contributed by atoms with Crippen molar-refractivity contribution in [3.05, 3.63) is 35.4 Å². The van der Waals surface area contributed by atoms with E-state index in [0.29, 0.717) is 36.2 Å². The molecule has 1 saturated heterocycles. The highest BCUT2D eigenvalue weighted by Crippen LogP contribution is 2.27. The van der Waals surface area contributed by atoms with Gasteiger partial charge in [0.2, 0.25) is 5.95 Å². The molecule has 10 nitrogen and oxygen atoms in total. The van der Waals surface area contributed by atoms with Gasteiger partial charge in [0.05, 0.1) is 0 Å². The molecule has 0 radical (unpaired) electrons. The zero-order valence-electron chi connectivity index (χ0n) is 24.2. The lowest BCUT2D eigenvalue weighted by Gasteiger charge is -2.27. The summed E-state index contributed by atoms with van der Waals surface area (Å²) in [5.41, 5.74) is 1.85. The molecule has 10 heteroatoms. The number of ether oxygens (including phenoxy) is 1. The molecule has 1 aromatic carbocycles. The maximum atomic E-state index is 12.5. The van der Waals surface area contributed by atoms with Gasteiger partial charge >= 0.3 is 6.09 Å². The Kier molecular flexibility index (Phi) is 8.74. The largest absolute Gasteiger partial charge is 0.444 e. The molecule has 2 aromatic rings. The number of hydrogen-bond donors (Lipinski definition) is 3. The summed E-state index contributed by atoms with van der Waals surface area (Å²) in [5.74, 6) is 1.70. The number of hydrogen-bond acceptors (Lipinski definition) is 8. The second-order valence-corrected chi connectivity index (χ2v) is 12.1. The van der Waals surface area contributed by atoms with E-state index >= 15 is 0 Å². The molecule has 0 aliphatic carbocycles. The number of rotatable bonds is 7. The topological polar surface area (TPSA) is 112 Å². The Morgan fingerprint density at radius 1 is 1.11 bits per heavy atom. The van der Waals surface area contributed by atoms with E-state index in [1.54, 1.807) is 18.0 Å². The number of anilines is 4. The van der Waals surface area contributed by atoms with Crippen LogP contribution in [0.15, 0.2) is 24.3 Å². The van der Waals surface area contributed by atoms with Gasteiger partial charge in [0, 0.05) is 57.1 Å². The van der Waals surface area contributed by atoms with Crippen LogP contribution < -0.4 is 20.9 Å². The van der Waals surface area contributed by atoms with E-state index in [1.165, 1.54) is 0 Å². The molecule has 1 unspecified atom stereocenters. The van der Waals surface area contributed by atoms with E-state index in [0.717, 1.165) is 24.2 Å². The molecule has 0 bridgehead atoms. The highest BCUT2D eigenvalue weighted by atomic mass is 16.6. The monoisotopic (exact) mass is 525 g/mol. The molecule has 0 spiro atoms. The lowest BCUT2D eigenvalue weighted by molar-refractivity contribution is 0.0293. The van der Waals surface area contributed by atoms with Crippen LogP contribution in [0.25, 0.3) is 0 Å². The molecule has 1 aliphatic rings. The Morgan fingerprint density at radius 3 is 2.42 bits per heavy atom. The van der Waals surface area contributed by atoms with Gasteiger partial charge in [-0.2, -0.15) is 9.97 Å². The van der Waals surface area contributed by atoms with Crippen LogP contribution in [0.2, 0.25) is 0 Å². The zero-order valence-corrected chi connectivity index (χ0v) is 24.2. The minimum Gasteiger partial charge on any atom is -0.444 e. The number of carbonyl (C=O) groups is 2. The van der Waals surface area contributed by atoms with E-state index in [-0.39, 0.29) is 23.5 Å². The molecule has 3 N–H and O–H groups in total. The number of amides is 2. The molecule has 1 atom stereocenters. The lowest BCUT2D eigenvalue weighted by Crippen LogP contribution is -2.36. The van der Waals surface area contributed by atoms with Crippen LogP contribution in [0, 0.1) is 12.3 Å². The summed E-state index contributed by atoms with van der Waals surface area (Å²) in [6.07, 6.45) is 0.482. The Balaban J connectivity index is 1.86. The van der Waals surface area contributed by atoms with Crippen LogP contribution in [-0.2, 0) is 4.74 Å². The van der Waals surface area contributed by atoms with E-state index in [1.807, 2.05) is 57.8 Å². The zero-order chi connectivity index (χ0) is 28.3. The van der Waals surface area contributed by atoms with Gasteiger partial charge < -0.3 is 30.5 Å². The van der Waals surface area contributed by atoms with Gasteiger partial charge in [0.15, 0.2) is 0 Å². The fourth-order valence-corrected chi connectivity index (χ4v) is 4.29. The molecular formula is C28H43N7O3. The highest BCUT2D eigenvalue weighted by molar-refractivity contribution is 5.95. The number of benzene rings is 1. The van der Waals surface area contributed by atoms with Crippen molar-refractivity contribution >= 4 is 35.3 Å². The summed E-state index contributed by atoms with van der Waals surface area (Å²) in [6, 6.07) is 7.41. The molecule has 3 rings (SSSR count). The quantitative estimate of drug-likeness (QED) is 0.473. The second kappa shape index (κ2) is 11.4. The molecule has 2 heterocycles. The standard InChI is InChI=1S/C28H43N7O3/c1-18-10-11-19(24(36)29-8)14-21(18)31-23-15-22(32-25(33-23)34(9)17-27(2,3)4)30-20-12-13-35(16-20)26(37)38-28(5,6)7/h10-11,14-15,20H,12-13,16-17H2,1-9H3,(H,29,36)(H2,30,31,32,33). The summed E-state index contributed by atoms with van der Waals surface area (Å²) >= 11 is 0. The molecule has 1 aliphatic heterocycles. The number of carbonyl (C=O) groups excluding carboxylic acids is 2. The van der Waals surface area contributed by atoms with Crippen LogP contribution in [0.1, 0.15) is 63.9 Å². The van der Waals surface area contributed by atoms with Gasteiger partial charge in [-0.3, -0.25) is 4.79 Å². The molecule has 2 amide bonds. The SMILES string of the molecule is CNC(=O)c1ccc(C)c(Nc2cc(NC3CCN(C(=O)OC(C)(C)C)C3)nc(N(C)CC(C)(C)C)n2)c1. The maximum absolute atomic E-state index is 12.5. The first-order valence-electron chi connectivity index (χ1n) is 13.1. The summed E-state index contributed by atoms with van der Waals surface area (Å²) in [6.45, 7) is 16.0.